The zero-order chi connectivity index (χ0) is 17.9. The number of benzene rings is 1. The van der Waals surface area contributed by atoms with Crippen LogP contribution in [0, 0.1) is 0 Å². The van der Waals surface area contributed by atoms with Crippen LogP contribution in [0.1, 0.15) is 36.2 Å². The monoisotopic (exact) mass is 353 g/mol. The van der Waals surface area contributed by atoms with Crippen LogP contribution in [0.3, 0.4) is 0 Å². The summed E-state index contributed by atoms with van der Waals surface area (Å²) in [5.41, 5.74) is 1.32. The van der Waals surface area contributed by atoms with E-state index in [2.05, 4.69) is 15.3 Å². The summed E-state index contributed by atoms with van der Waals surface area (Å²) in [6, 6.07) is 7.77. The van der Waals surface area contributed by atoms with Crippen LogP contribution in [0.25, 0.3) is 10.9 Å². The van der Waals surface area contributed by atoms with Gasteiger partial charge < -0.3 is 9.64 Å². The van der Waals surface area contributed by atoms with Gasteiger partial charge in [0.1, 0.15) is 5.75 Å². The molecule has 7 heteroatoms. The highest BCUT2D eigenvalue weighted by molar-refractivity contribution is 6.05. The Hall–Kier alpha value is -2.83. The van der Waals surface area contributed by atoms with E-state index < -0.39 is 0 Å². The molecule has 1 amide bonds. The van der Waals surface area contributed by atoms with Gasteiger partial charge in [-0.25, -0.2) is 0 Å². The molecule has 1 atom stereocenters. The number of piperidine rings is 1. The van der Waals surface area contributed by atoms with Gasteiger partial charge in [0.15, 0.2) is 5.69 Å². The van der Waals surface area contributed by atoms with Gasteiger partial charge >= 0.3 is 0 Å². The number of hydrogen-bond acceptors (Lipinski definition) is 4. The van der Waals surface area contributed by atoms with E-state index in [9.17, 15) is 4.79 Å². The zero-order valence-electron chi connectivity index (χ0n) is 14.9. The third kappa shape index (κ3) is 3.16. The molecule has 2 aromatic heterocycles. The first-order chi connectivity index (χ1) is 12.8. The van der Waals surface area contributed by atoms with Gasteiger partial charge in [-0.15, -0.1) is 0 Å². The van der Waals surface area contributed by atoms with Gasteiger partial charge in [0.2, 0.25) is 0 Å². The highest BCUT2D eigenvalue weighted by Gasteiger charge is 2.29. The third-order valence-corrected chi connectivity index (χ3v) is 5.11. The van der Waals surface area contributed by atoms with Gasteiger partial charge in [0.05, 0.1) is 12.6 Å². The average Bonchev–Trinajstić information content (AvgIpc) is 3.35. The molecule has 136 valence electrons. The first-order valence-electron chi connectivity index (χ1n) is 9.07. The minimum atomic E-state index is -0.00494. The number of amides is 1. The van der Waals surface area contributed by atoms with Crippen molar-refractivity contribution in [3.63, 3.8) is 0 Å². The Labute approximate surface area is 151 Å². The predicted octanol–water partition coefficient (Wildman–Crippen LogP) is 2.85. The lowest BCUT2D eigenvalue weighted by Crippen LogP contribution is -2.44. The minimum absolute atomic E-state index is 0.00494. The van der Waals surface area contributed by atoms with Crippen LogP contribution in [0.5, 0.6) is 5.75 Å². The molecule has 1 aliphatic heterocycles. The van der Waals surface area contributed by atoms with Crippen molar-refractivity contribution < 1.29 is 9.53 Å². The van der Waals surface area contributed by atoms with Gasteiger partial charge in [-0.2, -0.15) is 10.2 Å². The van der Waals surface area contributed by atoms with Gasteiger partial charge in [0.25, 0.3) is 5.91 Å². The van der Waals surface area contributed by atoms with E-state index in [4.69, 9.17) is 4.74 Å². The summed E-state index contributed by atoms with van der Waals surface area (Å²) in [4.78, 5) is 15.2. The van der Waals surface area contributed by atoms with E-state index in [0.29, 0.717) is 5.69 Å². The van der Waals surface area contributed by atoms with Crippen molar-refractivity contribution in [1.82, 2.24) is 24.9 Å². The Morgan fingerprint density at radius 2 is 2.31 bits per heavy atom. The van der Waals surface area contributed by atoms with Crippen LogP contribution < -0.4 is 4.74 Å². The van der Waals surface area contributed by atoms with Crippen LogP contribution in [-0.4, -0.2) is 50.5 Å². The number of rotatable bonds is 5. The van der Waals surface area contributed by atoms with E-state index in [1.54, 1.807) is 13.3 Å². The van der Waals surface area contributed by atoms with E-state index in [1.807, 2.05) is 40.0 Å². The first kappa shape index (κ1) is 16.6. The molecule has 1 saturated heterocycles. The number of aryl methyl sites for hydroxylation is 1. The fourth-order valence-corrected chi connectivity index (χ4v) is 3.70. The van der Waals surface area contributed by atoms with Crippen molar-refractivity contribution in [2.24, 2.45) is 0 Å². The molecule has 1 aliphatic rings. The molecule has 0 unspecified atom stereocenters. The smallest absolute Gasteiger partial charge is 0.275 e. The van der Waals surface area contributed by atoms with Crippen LogP contribution in [0.2, 0.25) is 0 Å². The van der Waals surface area contributed by atoms with E-state index in [0.717, 1.165) is 55.4 Å². The summed E-state index contributed by atoms with van der Waals surface area (Å²) in [6.45, 7) is 1.59. The highest BCUT2D eigenvalue weighted by atomic mass is 16.5. The summed E-state index contributed by atoms with van der Waals surface area (Å²) in [6.07, 6.45) is 7.87. The Morgan fingerprint density at radius 1 is 1.38 bits per heavy atom. The van der Waals surface area contributed by atoms with Crippen molar-refractivity contribution >= 4 is 16.8 Å². The van der Waals surface area contributed by atoms with E-state index >= 15 is 0 Å². The number of fused-ring (bicyclic) bond motifs is 1. The number of aromatic nitrogens is 4. The van der Waals surface area contributed by atoms with E-state index in [1.165, 1.54) is 0 Å². The quantitative estimate of drug-likeness (QED) is 0.765. The molecule has 4 rings (SSSR count). The van der Waals surface area contributed by atoms with Gasteiger partial charge in [-0.05, 0) is 49.9 Å². The molecule has 0 radical (unpaired) electrons. The van der Waals surface area contributed by atoms with Gasteiger partial charge in [0, 0.05) is 36.9 Å². The largest absolute Gasteiger partial charge is 0.497 e. The number of ether oxygens (including phenoxy) is 1. The zero-order valence-corrected chi connectivity index (χ0v) is 14.9. The van der Waals surface area contributed by atoms with Crippen molar-refractivity contribution in [2.45, 2.75) is 38.3 Å². The van der Waals surface area contributed by atoms with Crippen LogP contribution in [0.15, 0.2) is 36.7 Å². The maximum atomic E-state index is 13.2. The standard InChI is InChI=1S/C19H23N5O2/c1-26-15-6-7-17-16(13-15)18(22-21-17)19(25)24-11-3-2-5-14(24)8-12-23-10-4-9-20-23/h4,6-7,9-10,13-14H,2-3,5,8,11-12H2,1H3,(H,21,22)/t14-/m1/s1. The number of likely N-dealkylation sites (tertiary alicyclic amines) is 1. The second kappa shape index (κ2) is 7.19. The number of nitrogens with zero attached hydrogens (tertiary/aromatic N) is 4. The summed E-state index contributed by atoms with van der Waals surface area (Å²) >= 11 is 0. The first-order valence-corrected chi connectivity index (χ1v) is 9.07. The maximum absolute atomic E-state index is 13.2. The average molecular weight is 353 g/mol. The van der Waals surface area contributed by atoms with E-state index in [-0.39, 0.29) is 11.9 Å². The summed E-state index contributed by atoms with van der Waals surface area (Å²) in [5, 5.41) is 12.3. The third-order valence-electron chi connectivity index (χ3n) is 5.11. The Morgan fingerprint density at radius 3 is 3.12 bits per heavy atom. The fraction of sp³-hybridized carbons (Fsp3) is 0.421. The molecule has 1 N–H and O–H groups in total. The van der Waals surface area contributed by atoms with Gasteiger partial charge in [-0.1, -0.05) is 0 Å². The number of nitrogens with one attached hydrogen (secondary N) is 1. The molecule has 3 aromatic rings. The normalized spacial score (nSPS) is 17.6. The lowest BCUT2D eigenvalue weighted by atomic mass is 9.98. The molecule has 7 nitrogen and oxygen atoms in total. The number of hydrogen-bond donors (Lipinski definition) is 1. The molecule has 0 saturated carbocycles. The number of aromatic amines is 1. The van der Waals surface area contributed by atoms with Crippen molar-refractivity contribution in [3.8, 4) is 5.75 Å². The van der Waals surface area contributed by atoms with Gasteiger partial charge in [-0.3, -0.25) is 14.6 Å². The second-order valence-electron chi connectivity index (χ2n) is 6.69. The van der Waals surface area contributed by atoms with Crippen LogP contribution in [-0.2, 0) is 6.54 Å². The number of methoxy groups -OCH3 is 1. The Bertz CT molecular complexity index is 887. The summed E-state index contributed by atoms with van der Waals surface area (Å²) in [5.74, 6) is 0.719. The number of carbonyl (C=O) groups is 1. The SMILES string of the molecule is COc1ccc2[nH]nc(C(=O)N3CCCC[C@@H]3CCn3cccn3)c2c1. The maximum Gasteiger partial charge on any atom is 0.275 e. The lowest BCUT2D eigenvalue weighted by molar-refractivity contribution is 0.0590. The molecule has 1 aromatic carbocycles. The fourth-order valence-electron chi connectivity index (χ4n) is 3.70. The summed E-state index contributed by atoms with van der Waals surface area (Å²) < 4.78 is 7.22. The number of carbonyl (C=O) groups excluding carboxylic acids is 1. The molecular formula is C19H23N5O2. The minimum Gasteiger partial charge on any atom is -0.497 e. The second-order valence-corrected chi connectivity index (χ2v) is 6.69. The van der Waals surface area contributed by atoms with Crippen molar-refractivity contribution in [1.29, 1.82) is 0 Å². The topological polar surface area (TPSA) is 76.0 Å². The molecule has 26 heavy (non-hydrogen) atoms. The summed E-state index contributed by atoms with van der Waals surface area (Å²) in [7, 11) is 1.62. The lowest BCUT2D eigenvalue weighted by Gasteiger charge is -2.35. The van der Waals surface area contributed by atoms with Crippen LogP contribution >= 0.6 is 0 Å². The molecule has 0 aliphatic carbocycles. The molecule has 0 bridgehead atoms. The van der Waals surface area contributed by atoms with Crippen molar-refractivity contribution in [2.75, 3.05) is 13.7 Å². The Kier molecular flexibility index (Phi) is 4.60. The van der Waals surface area contributed by atoms with Crippen molar-refractivity contribution in [3.05, 3.63) is 42.4 Å². The number of H-pyrrole nitrogens is 1. The highest BCUT2D eigenvalue weighted by Crippen LogP contribution is 2.26. The Balaban J connectivity index is 1.56. The molecule has 3 heterocycles. The molecule has 0 spiro atoms. The van der Waals surface area contributed by atoms with Crippen LogP contribution in [0.4, 0.5) is 0 Å². The predicted molar refractivity (Wildman–Crippen MR) is 98.2 cm³/mol. The molecule has 1 fully saturated rings. The molecular weight excluding hydrogens is 330 g/mol.